The van der Waals surface area contributed by atoms with E-state index in [0.29, 0.717) is 0 Å². The molecule has 1 aliphatic rings. The summed E-state index contributed by atoms with van der Waals surface area (Å²) in [7, 11) is 0. The van der Waals surface area contributed by atoms with Crippen molar-refractivity contribution in [2.75, 3.05) is 13.1 Å². The quantitative estimate of drug-likeness (QED) is 0.794. The van der Waals surface area contributed by atoms with Gasteiger partial charge in [-0.2, -0.15) is 5.26 Å². The average molecular weight is 242 g/mol. The number of hydrogen-bond acceptors (Lipinski definition) is 2. The minimum atomic E-state index is -0.0991. The van der Waals surface area contributed by atoms with E-state index in [9.17, 15) is 0 Å². The molecule has 1 aromatic carbocycles. The van der Waals surface area contributed by atoms with Gasteiger partial charge in [0.25, 0.3) is 0 Å². The second-order valence-electron chi connectivity index (χ2n) is 5.88. The molecule has 1 aromatic rings. The molecule has 1 fully saturated rings. The van der Waals surface area contributed by atoms with Crippen molar-refractivity contribution in [3.63, 3.8) is 0 Å². The van der Waals surface area contributed by atoms with Gasteiger partial charge in [0.1, 0.15) is 0 Å². The van der Waals surface area contributed by atoms with Crippen LogP contribution < -0.4 is 0 Å². The molecule has 0 unspecified atom stereocenters. The lowest BCUT2D eigenvalue weighted by Crippen LogP contribution is -2.37. The van der Waals surface area contributed by atoms with E-state index in [-0.39, 0.29) is 5.41 Å². The van der Waals surface area contributed by atoms with E-state index in [1.807, 2.05) is 0 Å². The number of piperidine rings is 1. The predicted octanol–water partition coefficient (Wildman–Crippen LogP) is 3.43. The number of likely N-dealkylation sites (tertiary alicyclic amines) is 1. The Morgan fingerprint density at radius 3 is 2.56 bits per heavy atom. The van der Waals surface area contributed by atoms with Gasteiger partial charge >= 0.3 is 0 Å². The van der Waals surface area contributed by atoms with Crippen molar-refractivity contribution >= 4 is 0 Å². The van der Waals surface area contributed by atoms with E-state index in [1.165, 1.54) is 16.7 Å². The Morgan fingerprint density at radius 2 is 1.94 bits per heavy atom. The molecule has 2 rings (SSSR count). The van der Waals surface area contributed by atoms with Crippen molar-refractivity contribution in [1.29, 1.82) is 5.26 Å². The molecule has 0 amide bonds. The Kier molecular flexibility index (Phi) is 3.73. The first-order chi connectivity index (χ1) is 8.52. The summed E-state index contributed by atoms with van der Waals surface area (Å²) < 4.78 is 0. The lowest BCUT2D eigenvalue weighted by atomic mass is 9.82. The van der Waals surface area contributed by atoms with Crippen LogP contribution in [0, 0.1) is 30.6 Å². The van der Waals surface area contributed by atoms with Gasteiger partial charge in [0.2, 0.25) is 0 Å². The number of nitrogens with zero attached hydrogens (tertiary/aromatic N) is 2. The smallest absolute Gasteiger partial charge is 0.0687 e. The second kappa shape index (κ2) is 5.12. The van der Waals surface area contributed by atoms with Crippen LogP contribution in [0.25, 0.3) is 0 Å². The molecule has 0 N–H and O–H groups in total. The molecular weight excluding hydrogens is 220 g/mol. The zero-order valence-corrected chi connectivity index (χ0v) is 11.7. The lowest BCUT2D eigenvalue weighted by molar-refractivity contribution is 0.150. The van der Waals surface area contributed by atoms with Crippen LogP contribution in [0.1, 0.15) is 36.5 Å². The van der Waals surface area contributed by atoms with E-state index in [4.69, 9.17) is 5.26 Å². The van der Waals surface area contributed by atoms with Crippen molar-refractivity contribution in [1.82, 2.24) is 4.90 Å². The standard InChI is InChI=1S/C16H22N2/c1-13-4-5-14(2)15(10-13)11-18-8-6-16(3,12-17)7-9-18/h4-5,10H,6-9,11H2,1-3H3. The molecule has 0 aliphatic carbocycles. The molecule has 96 valence electrons. The first-order valence-corrected chi connectivity index (χ1v) is 6.72. The van der Waals surface area contributed by atoms with Crippen LogP contribution >= 0.6 is 0 Å². The SMILES string of the molecule is Cc1ccc(C)c(CN2CCC(C)(C#N)CC2)c1. The minimum absolute atomic E-state index is 0.0991. The number of rotatable bonds is 2. The molecule has 1 heterocycles. The normalized spacial score (nSPS) is 19.4. The highest BCUT2D eigenvalue weighted by atomic mass is 15.1. The van der Waals surface area contributed by atoms with Gasteiger partial charge in [-0.1, -0.05) is 23.8 Å². The lowest BCUT2D eigenvalue weighted by Gasteiger charge is -2.35. The van der Waals surface area contributed by atoms with Crippen LogP contribution in [0.3, 0.4) is 0 Å². The number of hydrogen-bond donors (Lipinski definition) is 0. The molecule has 0 aromatic heterocycles. The zero-order valence-electron chi connectivity index (χ0n) is 11.7. The highest BCUT2D eigenvalue weighted by molar-refractivity contribution is 5.30. The van der Waals surface area contributed by atoms with E-state index in [0.717, 1.165) is 32.5 Å². The van der Waals surface area contributed by atoms with Crippen LogP contribution in [0.4, 0.5) is 0 Å². The van der Waals surface area contributed by atoms with Gasteiger partial charge in [0, 0.05) is 6.54 Å². The summed E-state index contributed by atoms with van der Waals surface area (Å²) in [4.78, 5) is 2.47. The predicted molar refractivity (Wildman–Crippen MR) is 74.1 cm³/mol. The molecule has 2 nitrogen and oxygen atoms in total. The van der Waals surface area contributed by atoms with E-state index in [1.54, 1.807) is 0 Å². The first kappa shape index (κ1) is 13.1. The fourth-order valence-corrected chi connectivity index (χ4v) is 2.53. The Bertz CT molecular complexity index is 462. The second-order valence-corrected chi connectivity index (χ2v) is 5.88. The summed E-state index contributed by atoms with van der Waals surface area (Å²) in [6, 6.07) is 9.11. The van der Waals surface area contributed by atoms with Crippen LogP contribution in [-0.4, -0.2) is 18.0 Å². The van der Waals surface area contributed by atoms with Gasteiger partial charge in [-0.05, 0) is 57.8 Å². The highest BCUT2D eigenvalue weighted by Gasteiger charge is 2.29. The Morgan fingerprint density at radius 1 is 1.28 bits per heavy atom. The van der Waals surface area contributed by atoms with Gasteiger partial charge < -0.3 is 0 Å². The molecule has 0 radical (unpaired) electrons. The summed E-state index contributed by atoms with van der Waals surface area (Å²) in [5.41, 5.74) is 4.03. The molecular formula is C16H22N2. The number of nitriles is 1. The van der Waals surface area contributed by atoms with Gasteiger partial charge in [0.05, 0.1) is 11.5 Å². The van der Waals surface area contributed by atoms with Crippen molar-refractivity contribution in [2.24, 2.45) is 5.41 Å². The summed E-state index contributed by atoms with van der Waals surface area (Å²) in [5.74, 6) is 0. The Labute approximate surface area is 110 Å². The first-order valence-electron chi connectivity index (χ1n) is 6.72. The zero-order chi connectivity index (χ0) is 13.2. The summed E-state index contributed by atoms with van der Waals surface area (Å²) in [6.07, 6.45) is 1.99. The van der Waals surface area contributed by atoms with Gasteiger partial charge in [-0.3, -0.25) is 4.90 Å². The molecule has 0 bridgehead atoms. The molecule has 2 heteroatoms. The summed E-state index contributed by atoms with van der Waals surface area (Å²) >= 11 is 0. The van der Waals surface area contributed by atoms with E-state index >= 15 is 0 Å². The van der Waals surface area contributed by atoms with Crippen LogP contribution in [0.2, 0.25) is 0 Å². The third-order valence-electron chi connectivity index (χ3n) is 4.13. The Balaban J connectivity index is 2.00. The summed E-state index contributed by atoms with van der Waals surface area (Å²) in [6.45, 7) is 9.51. The monoisotopic (exact) mass is 242 g/mol. The van der Waals surface area contributed by atoms with Crippen molar-refractivity contribution in [2.45, 2.75) is 40.2 Å². The van der Waals surface area contributed by atoms with Crippen LogP contribution in [0.5, 0.6) is 0 Å². The highest BCUT2D eigenvalue weighted by Crippen LogP contribution is 2.30. The molecule has 1 saturated heterocycles. The Hall–Kier alpha value is -1.33. The number of benzene rings is 1. The maximum Gasteiger partial charge on any atom is 0.0687 e. The topological polar surface area (TPSA) is 27.0 Å². The maximum absolute atomic E-state index is 9.14. The molecule has 1 aliphatic heterocycles. The minimum Gasteiger partial charge on any atom is -0.299 e. The number of aryl methyl sites for hydroxylation is 2. The van der Waals surface area contributed by atoms with Gasteiger partial charge in [-0.15, -0.1) is 0 Å². The average Bonchev–Trinajstić information content (AvgIpc) is 2.37. The van der Waals surface area contributed by atoms with E-state index in [2.05, 4.69) is 49.9 Å². The molecule has 0 spiro atoms. The fourth-order valence-electron chi connectivity index (χ4n) is 2.53. The summed E-state index contributed by atoms with van der Waals surface area (Å²) in [5, 5.41) is 9.14. The van der Waals surface area contributed by atoms with Crippen molar-refractivity contribution in [3.05, 3.63) is 34.9 Å². The van der Waals surface area contributed by atoms with Crippen molar-refractivity contribution < 1.29 is 0 Å². The van der Waals surface area contributed by atoms with Crippen molar-refractivity contribution in [3.8, 4) is 6.07 Å². The molecule has 0 saturated carbocycles. The van der Waals surface area contributed by atoms with Gasteiger partial charge in [0.15, 0.2) is 0 Å². The fraction of sp³-hybridized carbons (Fsp3) is 0.562. The van der Waals surface area contributed by atoms with Gasteiger partial charge in [-0.25, -0.2) is 0 Å². The maximum atomic E-state index is 9.14. The van der Waals surface area contributed by atoms with Crippen LogP contribution in [-0.2, 0) is 6.54 Å². The third-order valence-corrected chi connectivity index (χ3v) is 4.13. The van der Waals surface area contributed by atoms with E-state index < -0.39 is 0 Å². The largest absolute Gasteiger partial charge is 0.299 e. The third kappa shape index (κ3) is 2.91. The molecule has 18 heavy (non-hydrogen) atoms. The van der Waals surface area contributed by atoms with Crippen LogP contribution in [0.15, 0.2) is 18.2 Å². The molecule has 0 atom stereocenters.